The molecule has 0 radical (unpaired) electrons. The van der Waals surface area contributed by atoms with Crippen LogP contribution in [0.4, 0.5) is 0 Å². The van der Waals surface area contributed by atoms with Crippen LogP contribution in [-0.4, -0.2) is 57.3 Å². The molecule has 0 heterocycles. The molecule has 0 saturated heterocycles. The number of hydrogen-bond donors (Lipinski definition) is 5. The summed E-state index contributed by atoms with van der Waals surface area (Å²) in [5, 5.41) is 44.0. The van der Waals surface area contributed by atoms with Crippen LogP contribution in [0.3, 0.4) is 0 Å². The van der Waals surface area contributed by atoms with Gasteiger partial charge in [-0.05, 0) is 64.2 Å². The lowest BCUT2D eigenvalue weighted by Gasteiger charge is -2.27. The number of nitrogens with one attached hydrogen (secondary N) is 1. The van der Waals surface area contributed by atoms with Crippen molar-refractivity contribution in [1.29, 1.82) is 0 Å². The van der Waals surface area contributed by atoms with Crippen molar-refractivity contribution in [3.8, 4) is 0 Å². The average molecular weight is 961 g/mol. The maximum absolute atomic E-state index is 12.6. The molecule has 0 aliphatic heterocycles. The van der Waals surface area contributed by atoms with Crippen molar-refractivity contribution in [3.63, 3.8) is 0 Å². The molecule has 0 aromatic heterocycles. The lowest BCUT2D eigenvalue weighted by Crippen LogP contribution is -2.53. The van der Waals surface area contributed by atoms with E-state index in [9.17, 15) is 25.2 Å². The Morgan fingerprint density at radius 3 is 0.882 bits per heavy atom. The van der Waals surface area contributed by atoms with Crippen molar-refractivity contribution >= 4 is 5.91 Å². The Labute approximate surface area is 425 Å². The van der Waals surface area contributed by atoms with Crippen molar-refractivity contribution in [2.24, 2.45) is 0 Å². The molecule has 4 unspecified atom stereocenters. The molecule has 0 aromatic rings. The second kappa shape index (κ2) is 56.7. The average Bonchev–Trinajstić information content (AvgIpc) is 3.34. The molecule has 0 aliphatic rings. The van der Waals surface area contributed by atoms with Gasteiger partial charge in [0.1, 0.15) is 12.2 Å². The normalized spacial score (nSPS) is 13.8. The molecule has 0 saturated carbocycles. The quantitative estimate of drug-likeness (QED) is 0.0308. The van der Waals surface area contributed by atoms with Crippen LogP contribution in [0.15, 0.2) is 24.3 Å². The van der Waals surface area contributed by atoms with E-state index in [1.54, 1.807) is 0 Å². The minimum absolute atomic E-state index is 0.366. The van der Waals surface area contributed by atoms with E-state index in [0.717, 1.165) is 38.5 Å². The number of amides is 1. The van der Waals surface area contributed by atoms with Gasteiger partial charge in [-0.1, -0.05) is 295 Å². The van der Waals surface area contributed by atoms with E-state index < -0.39 is 36.9 Å². The van der Waals surface area contributed by atoms with Crippen molar-refractivity contribution in [2.75, 3.05) is 6.61 Å². The van der Waals surface area contributed by atoms with Crippen molar-refractivity contribution < 1.29 is 25.2 Å². The highest BCUT2D eigenvalue weighted by Gasteiger charge is 2.28. The van der Waals surface area contributed by atoms with Gasteiger partial charge in [0.15, 0.2) is 0 Å². The molecule has 0 aliphatic carbocycles. The van der Waals surface area contributed by atoms with Crippen LogP contribution in [0.1, 0.15) is 335 Å². The summed E-state index contributed by atoms with van der Waals surface area (Å²) in [6.45, 7) is 4.08. The van der Waals surface area contributed by atoms with Gasteiger partial charge < -0.3 is 25.7 Å². The topological polar surface area (TPSA) is 110 Å². The first-order valence-electron chi connectivity index (χ1n) is 30.7. The predicted molar refractivity (Wildman–Crippen MR) is 298 cm³/mol. The fourth-order valence-electron chi connectivity index (χ4n) is 9.82. The zero-order valence-electron chi connectivity index (χ0n) is 45.9. The van der Waals surface area contributed by atoms with Crippen LogP contribution < -0.4 is 5.32 Å². The zero-order chi connectivity index (χ0) is 49.5. The molecular weight excluding hydrogens is 839 g/mol. The van der Waals surface area contributed by atoms with Gasteiger partial charge in [0.05, 0.1) is 18.8 Å². The lowest BCUT2D eigenvalue weighted by molar-refractivity contribution is -0.132. The third-order valence-electron chi connectivity index (χ3n) is 14.6. The van der Waals surface area contributed by atoms with Gasteiger partial charge in [-0.2, -0.15) is 0 Å². The number of rotatable bonds is 57. The summed E-state index contributed by atoms with van der Waals surface area (Å²) in [6.07, 6.45) is 69.9. The minimum atomic E-state index is -1.28. The summed E-state index contributed by atoms with van der Waals surface area (Å²) >= 11 is 0. The molecule has 5 N–H and O–H groups in total. The molecule has 1 amide bonds. The molecule has 0 aromatic carbocycles. The Morgan fingerprint density at radius 2 is 0.603 bits per heavy atom. The van der Waals surface area contributed by atoms with Gasteiger partial charge in [-0.3, -0.25) is 4.79 Å². The highest BCUT2D eigenvalue weighted by Crippen LogP contribution is 2.18. The molecule has 4 atom stereocenters. The Balaban J connectivity index is 3.58. The van der Waals surface area contributed by atoms with E-state index >= 15 is 0 Å². The second-order valence-corrected chi connectivity index (χ2v) is 21.4. The third kappa shape index (κ3) is 49.8. The lowest BCUT2D eigenvalue weighted by atomic mass is 10.00. The summed E-state index contributed by atoms with van der Waals surface area (Å²) in [5.74, 6) is -0.588. The summed E-state index contributed by atoms with van der Waals surface area (Å²) < 4.78 is 0. The standard InChI is InChI=1S/C62H121NO5/c1-3-5-7-9-11-13-15-17-19-21-23-25-26-27-28-29-30-31-32-33-34-35-36-38-40-42-44-46-48-50-52-54-56-60(66)62(68)63-58(57-64)61(67)59(65)55-53-51-49-47-45-43-41-39-37-24-22-20-18-16-14-12-10-8-6-4-2/h27-28,47,49,58-61,64-67H,3-26,29-46,48,50-57H2,1-2H3,(H,63,68)/b28-27-,49-47+. The van der Waals surface area contributed by atoms with E-state index in [0.29, 0.717) is 12.8 Å². The Hall–Kier alpha value is -1.21. The van der Waals surface area contributed by atoms with Crippen LogP contribution in [0.2, 0.25) is 0 Å². The van der Waals surface area contributed by atoms with Gasteiger partial charge in [-0.25, -0.2) is 0 Å². The Kier molecular flexibility index (Phi) is 55.7. The van der Waals surface area contributed by atoms with E-state index in [2.05, 4.69) is 43.5 Å². The number of carbonyl (C=O) groups is 1. The molecule has 404 valence electrons. The fourth-order valence-corrected chi connectivity index (χ4v) is 9.82. The minimum Gasteiger partial charge on any atom is -0.394 e. The molecule has 0 bridgehead atoms. The van der Waals surface area contributed by atoms with E-state index in [1.165, 1.54) is 270 Å². The first kappa shape index (κ1) is 66.8. The SMILES string of the molecule is CCCCCCCCCCCCCC/C=C\CCCCCCCCCCCCCCCCCCC(O)C(=O)NC(CO)C(O)C(O)CCC/C=C/CCCCCCCCCCCCCCCCC. The van der Waals surface area contributed by atoms with Crippen LogP contribution in [0.25, 0.3) is 0 Å². The van der Waals surface area contributed by atoms with Crippen LogP contribution in [0, 0.1) is 0 Å². The number of carbonyl (C=O) groups excluding carboxylic acids is 1. The molecule has 68 heavy (non-hydrogen) atoms. The molecular formula is C62H121NO5. The van der Waals surface area contributed by atoms with Gasteiger partial charge in [0.2, 0.25) is 5.91 Å². The van der Waals surface area contributed by atoms with Gasteiger partial charge >= 0.3 is 0 Å². The summed E-state index contributed by atoms with van der Waals surface area (Å²) in [7, 11) is 0. The number of aliphatic hydroxyl groups is 4. The number of aliphatic hydroxyl groups excluding tert-OH is 4. The van der Waals surface area contributed by atoms with E-state index in [-0.39, 0.29) is 0 Å². The smallest absolute Gasteiger partial charge is 0.249 e. The van der Waals surface area contributed by atoms with Crippen molar-refractivity contribution in [1.82, 2.24) is 5.32 Å². The monoisotopic (exact) mass is 960 g/mol. The molecule has 0 fully saturated rings. The van der Waals surface area contributed by atoms with E-state index in [1.807, 2.05) is 0 Å². The molecule has 6 nitrogen and oxygen atoms in total. The highest BCUT2D eigenvalue weighted by atomic mass is 16.3. The predicted octanol–water partition coefficient (Wildman–Crippen LogP) is 18.2. The maximum atomic E-state index is 12.6. The highest BCUT2D eigenvalue weighted by molar-refractivity contribution is 5.80. The first-order chi connectivity index (χ1) is 33.5. The van der Waals surface area contributed by atoms with E-state index in [4.69, 9.17) is 0 Å². The van der Waals surface area contributed by atoms with Crippen LogP contribution >= 0.6 is 0 Å². The van der Waals surface area contributed by atoms with Crippen molar-refractivity contribution in [2.45, 2.75) is 359 Å². The van der Waals surface area contributed by atoms with Crippen LogP contribution in [0.5, 0.6) is 0 Å². The molecule has 0 spiro atoms. The number of hydrogen-bond acceptors (Lipinski definition) is 5. The number of unbranched alkanes of at least 4 members (excludes halogenated alkanes) is 44. The number of allylic oxidation sites excluding steroid dienone is 4. The fraction of sp³-hybridized carbons (Fsp3) is 0.919. The first-order valence-corrected chi connectivity index (χ1v) is 30.7. The van der Waals surface area contributed by atoms with Crippen molar-refractivity contribution in [3.05, 3.63) is 24.3 Å². The van der Waals surface area contributed by atoms with Gasteiger partial charge in [-0.15, -0.1) is 0 Å². The summed E-state index contributed by atoms with van der Waals surface area (Å²) in [5.41, 5.74) is 0. The largest absolute Gasteiger partial charge is 0.394 e. The van der Waals surface area contributed by atoms with Crippen LogP contribution in [-0.2, 0) is 4.79 Å². The summed E-state index contributed by atoms with van der Waals surface area (Å²) in [6, 6.07) is -1.00. The Bertz CT molecular complexity index is 1030. The third-order valence-corrected chi connectivity index (χ3v) is 14.6. The second-order valence-electron chi connectivity index (χ2n) is 21.4. The molecule has 0 rings (SSSR count). The van der Waals surface area contributed by atoms with Gasteiger partial charge in [0, 0.05) is 0 Å². The van der Waals surface area contributed by atoms with Gasteiger partial charge in [0.25, 0.3) is 0 Å². The zero-order valence-corrected chi connectivity index (χ0v) is 45.9. The summed E-state index contributed by atoms with van der Waals surface area (Å²) in [4.78, 5) is 12.6. The maximum Gasteiger partial charge on any atom is 0.249 e. The Morgan fingerprint density at radius 1 is 0.353 bits per heavy atom. The molecule has 6 heteroatoms.